The Labute approximate surface area is 498 Å². The third-order valence-electron chi connectivity index (χ3n) is 14.9. The molecule has 0 radical (unpaired) electrons. The number of hydroxylamine groups is 2. The van der Waals surface area contributed by atoms with Crippen molar-refractivity contribution in [2.45, 2.75) is 134 Å². The van der Waals surface area contributed by atoms with Gasteiger partial charge in [-0.1, -0.05) is 55.3 Å². The zero-order valence-corrected chi connectivity index (χ0v) is 50.4. The van der Waals surface area contributed by atoms with Gasteiger partial charge in [-0.15, -0.1) is 16.8 Å². The number of alkyl carbamates (subject to hydrolysis) is 1. The van der Waals surface area contributed by atoms with Crippen LogP contribution in [0.15, 0.2) is 35.9 Å². The number of nitrogens with zero attached hydrogens (tertiary/aromatic N) is 3. The molecule has 27 heteroatoms. The summed E-state index contributed by atoms with van der Waals surface area (Å²) >= 11 is 8.08. The number of allylic oxidation sites excluding steroid dienone is 3. The number of aryl methyl sites for hydroxylation is 1. The highest BCUT2D eigenvalue weighted by atomic mass is 35.5. The lowest BCUT2D eigenvalue weighted by Crippen LogP contribution is -2.60. The van der Waals surface area contributed by atoms with E-state index < -0.39 is 88.6 Å². The van der Waals surface area contributed by atoms with Crippen LogP contribution in [0.5, 0.6) is 0 Å². The van der Waals surface area contributed by atoms with E-state index in [-0.39, 0.29) is 129 Å². The monoisotopic (exact) mass is 1220 g/mol. The van der Waals surface area contributed by atoms with Gasteiger partial charge >= 0.3 is 18.0 Å². The molecule has 0 saturated carbocycles. The molecule has 0 aliphatic carbocycles. The van der Waals surface area contributed by atoms with Gasteiger partial charge < -0.3 is 62.8 Å². The molecule has 466 valence electrons. The number of epoxide rings is 1. The number of esters is 1. The van der Waals surface area contributed by atoms with Gasteiger partial charge in [0.05, 0.1) is 108 Å². The fraction of sp³-hybridized carbons (Fsp3) is 0.667. The lowest BCUT2D eigenvalue weighted by molar-refractivity contribution is -0.198. The molecule has 7 amide bonds. The second-order valence-corrected chi connectivity index (χ2v) is 23.1. The summed E-state index contributed by atoms with van der Waals surface area (Å²) in [7, 11) is 1.61. The van der Waals surface area contributed by atoms with Gasteiger partial charge in [-0.25, -0.2) is 14.4 Å². The number of carbonyl (C=O) groups excluding carboxylic acids is 9. The third-order valence-corrected chi connectivity index (χ3v) is 16.6. The first-order valence-corrected chi connectivity index (χ1v) is 29.7. The van der Waals surface area contributed by atoms with Crippen LogP contribution in [-0.4, -0.2) is 208 Å². The van der Waals surface area contributed by atoms with Gasteiger partial charge in [-0.3, -0.25) is 39.0 Å². The Bertz CT molecular complexity index is 2580. The van der Waals surface area contributed by atoms with Crippen molar-refractivity contribution < 1.29 is 95.7 Å². The highest BCUT2D eigenvalue weighted by Gasteiger charge is 2.64. The zero-order chi connectivity index (χ0) is 61.1. The van der Waals surface area contributed by atoms with Gasteiger partial charge in [0, 0.05) is 69.8 Å². The van der Waals surface area contributed by atoms with E-state index in [0.29, 0.717) is 47.8 Å². The molecule has 84 heavy (non-hydrogen) atoms. The van der Waals surface area contributed by atoms with Crippen LogP contribution in [-0.2, 0) is 92.2 Å². The van der Waals surface area contributed by atoms with E-state index in [1.807, 2.05) is 51.1 Å². The summed E-state index contributed by atoms with van der Waals surface area (Å²) in [4.78, 5) is 121. The number of imide groups is 2. The molecule has 1 unspecified atom stereocenters. The van der Waals surface area contributed by atoms with E-state index in [0.717, 1.165) is 21.6 Å². The fourth-order valence-corrected chi connectivity index (χ4v) is 11.1. The maximum Gasteiger partial charge on any atom is 0.409 e. The SMILES string of the molecule is C/C1=C\C=C\[C@@H](C)[C@@]2(O)C[C@H](OC(=O)N2)[C@@H](C)[C@@H]2O[C@@]2(C)[C@@H](OC(=O)[C@H](C)OCCOCCSC2CC(=O)N(CCC(=O)NCCOCCOCCOCCOCCC(=O)ON3C(=O)CCC3=O)C2=O)CC(=O)N(C)c2cc(cc(C)c2Cl)C1. The van der Waals surface area contributed by atoms with Gasteiger partial charge in [0.15, 0.2) is 6.10 Å². The van der Waals surface area contributed by atoms with Gasteiger partial charge in [-0.2, -0.15) is 0 Å². The van der Waals surface area contributed by atoms with Crippen LogP contribution < -0.4 is 15.5 Å². The molecular formula is C57H80ClN5O20S. The maximum atomic E-state index is 14.2. The molecule has 1 aromatic carbocycles. The molecular weight excluding hydrogens is 1140 g/mol. The highest BCUT2D eigenvalue weighted by molar-refractivity contribution is 8.00. The molecule has 5 heterocycles. The summed E-state index contributed by atoms with van der Waals surface area (Å²) in [6.45, 7) is 13.0. The Hall–Kier alpha value is -5.55. The number of amides is 7. The van der Waals surface area contributed by atoms with Crippen molar-refractivity contribution in [1.29, 1.82) is 0 Å². The summed E-state index contributed by atoms with van der Waals surface area (Å²) in [5, 5.41) is 17.3. The number of ether oxygens (including phenoxy) is 9. The van der Waals surface area contributed by atoms with Crippen molar-refractivity contribution in [1.82, 2.24) is 20.6 Å². The molecule has 4 saturated heterocycles. The first-order chi connectivity index (χ1) is 40.0. The fourth-order valence-electron chi connectivity index (χ4n) is 9.79. The average Bonchev–Trinajstić information content (AvgIpc) is 1.99. The largest absolute Gasteiger partial charge is 0.457 e. The van der Waals surface area contributed by atoms with Crippen molar-refractivity contribution in [3.05, 3.63) is 52.1 Å². The molecule has 5 aliphatic heterocycles. The van der Waals surface area contributed by atoms with Gasteiger partial charge in [0.25, 0.3) is 11.8 Å². The molecule has 5 aliphatic rings. The highest BCUT2D eigenvalue weighted by Crippen LogP contribution is 2.49. The number of carbonyl (C=O) groups is 9. The number of aliphatic hydroxyl groups is 1. The van der Waals surface area contributed by atoms with Crippen molar-refractivity contribution in [2.75, 3.05) is 103 Å². The molecule has 0 spiro atoms. The van der Waals surface area contributed by atoms with E-state index >= 15 is 0 Å². The third kappa shape index (κ3) is 19.5. The van der Waals surface area contributed by atoms with Crippen LogP contribution in [0.25, 0.3) is 0 Å². The Morgan fingerprint density at radius 3 is 2.19 bits per heavy atom. The van der Waals surface area contributed by atoms with Crippen LogP contribution in [0.3, 0.4) is 0 Å². The first-order valence-electron chi connectivity index (χ1n) is 28.3. The van der Waals surface area contributed by atoms with Gasteiger partial charge in [-0.05, 0) is 51.3 Å². The smallest absolute Gasteiger partial charge is 0.409 e. The van der Waals surface area contributed by atoms with E-state index in [4.69, 9.17) is 59.1 Å². The molecule has 1 aromatic rings. The predicted octanol–water partition coefficient (Wildman–Crippen LogP) is 3.44. The predicted molar refractivity (Wildman–Crippen MR) is 302 cm³/mol. The van der Waals surface area contributed by atoms with Crippen molar-refractivity contribution in [3.63, 3.8) is 0 Å². The zero-order valence-electron chi connectivity index (χ0n) is 48.8. The van der Waals surface area contributed by atoms with Crippen LogP contribution >= 0.6 is 23.4 Å². The van der Waals surface area contributed by atoms with Crippen LogP contribution in [0, 0.1) is 18.8 Å². The number of hydrogen-bond donors (Lipinski definition) is 3. The number of thioether (sulfide) groups is 1. The number of nitrogens with one attached hydrogen (secondary N) is 2. The molecule has 3 N–H and O–H groups in total. The van der Waals surface area contributed by atoms with Gasteiger partial charge in [0.2, 0.25) is 23.6 Å². The number of likely N-dealkylation sites (tertiary alicyclic amines) is 1. The standard InChI is InChI=1S/C57H80ClN5O20S/c1-35-9-8-10-37(3)57(73)34-42(80-55(72)60-57)38(4)52-56(6,82-52)44(33-48(67)61(7)41-31-40(29-35)30-36(2)51(41)58)81-54(71)39(5)79-26-25-78-27-28-84-43-32-49(68)62(53(43)70)16-13-45(64)59-15-18-75-20-22-77-24-23-76-21-19-74-17-14-50(69)83-63-46(65)11-12-47(63)66/h8-10,30-31,37-39,42-44,52,73H,11-29,32-34H2,1-7H3,(H,59,64)(H,60,72)/b10-8+,35-9+/t37-,38-,39+,42+,43?,44+,52+,56+,57+/m1/s1. The lowest BCUT2D eigenvalue weighted by atomic mass is 9.82. The summed E-state index contributed by atoms with van der Waals surface area (Å²) < 4.78 is 51.2. The Morgan fingerprint density at radius 1 is 0.857 bits per heavy atom. The second kappa shape index (κ2) is 32.3. The minimum absolute atomic E-state index is 0.00194. The number of rotatable bonds is 29. The summed E-state index contributed by atoms with van der Waals surface area (Å²) in [5.74, 6) is -4.72. The summed E-state index contributed by atoms with van der Waals surface area (Å²) in [6, 6.07) is 3.81. The minimum atomic E-state index is -1.64. The molecule has 6 rings (SSSR count). The number of anilines is 1. The second-order valence-electron chi connectivity index (χ2n) is 21.4. The lowest BCUT2D eigenvalue weighted by Gasteiger charge is -2.41. The van der Waals surface area contributed by atoms with Crippen LogP contribution in [0.2, 0.25) is 5.02 Å². The molecule has 25 nitrogen and oxygen atoms in total. The van der Waals surface area contributed by atoms with Crippen molar-refractivity contribution in [2.24, 2.45) is 11.8 Å². The van der Waals surface area contributed by atoms with Crippen molar-refractivity contribution >= 4 is 82.5 Å². The van der Waals surface area contributed by atoms with Crippen LogP contribution in [0.1, 0.15) is 90.7 Å². The average molecular weight is 1220 g/mol. The molecule has 9 atom stereocenters. The Balaban J connectivity index is 0.842. The van der Waals surface area contributed by atoms with E-state index in [1.54, 1.807) is 20.9 Å². The molecule has 4 bridgehead atoms. The van der Waals surface area contributed by atoms with E-state index in [1.165, 1.54) is 23.6 Å². The number of halogens is 1. The Kier molecular flexibility index (Phi) is 26.0. The Morgan fingerprint density at radius 2 is 1.50 bits per heavy atom. The van der Waals surface area contributed by atoms with E-state index in [2.05, 4.69) is 10.6 Å². The van der Waals surface area contributed by atoms with E-state index in [9.17, 15) is 48.3 Å². The summed E-state index contributed by atoms with van der Waals surface area (Å²) in [5.41, 5.74) is 0.312. The first kappa shape index (κ1) is 67.6. The number of benzene rings is 1. The molecule has 4 fully saturated rings. The van der Waals surface area contributed by atoms with Crippen LogP contribution in [0.4, 0.5) is 10.5 Å². The van der Waals surface area contributed by atoms with Crippen molar-refractivity contribution in [3.8, 4) is 0 Å². The normalized spacial score (nSPS) is 27.0. The number of hydrogen-bond acceptors (Lipinski definition) is 21. The minimum Gasteiger partial charge on any atom is -0.457 e. The maximum absolute atomic E-state index is 14.2. The topological polar surface area (TPSA) is 303 Å². The molecule has 0 aromatic heterocycles. The summed E-state index contributed by atoms with van der Waals surface area (Å²) in [6.07, 6.45) is 1.27. The number of fused-ring (bicyclic) bond motifs is 5. The van der Waals surface area contributed by atoms with Gasteiger partial charge in [0.1, 0.15) is 23.5 Å². The quantitative estimate of drug-likeness (QED) is 0.0448.